The Bertz CT molecular complexity index is 2360. The maximum absolute atomic E-state index is 13.5. The number of fused-ring (bicyclic) bond motifs is 1. The van der Waals surface area contributed by atoms with Crippen molar-refractivity contribution in [1.82, 2.24) is 30.3 Å². The van der Waals surface area contributed by atoms with Crippen LogP contribution in [0.25, 0.3) is 10.8 Å². The largest absolute Gasteiger partial charge is 0.489 e. The second-order valence-corrected chi connectivity index (χ2v) is 18.0. The van der Waals surface area contributed by atoms with Gasteiger partial charge in [0, 0.05) is 92.4 Å². The van der Waals surface area contributed by atoms with Crippen LogP contribution in [0.2, 0.25) is 5.02 Å². The smallest absolute Gasteiger partial charge is 0.275 e. The molecule has 0 bridgehead atoms. The number of piperidine rings is 2. The molecule has 5 heterocycles. The van der Waals surface area contributed by atoms with Crippen molar-refractivity contribution in [2.24, 2.45) is 16.7 Å². The maximum atomic E-state index is 13.5. The molecule has 8 rings (SSSR count). The van der Waals surface area contributed by atoms with E-state index in [0.717, 1.165) is 75.5 Å². The van der Waals surface area contributed by atoms with Crippen LogP contribution in [0, 0.1) is 28.1 Å². The second-order valence-electron chi connectivity index (χ2n) is 17.6. The van der Waals surface area contributed by atoms with Crippen LogP contribution in [-0.2, 0) is 9.59 Å². The number of carbonyl (C=O) groups is 3. The molecule has 1 atom stereocenters. The third-order valence-electron chi connectivity index (χ3n) is 12.9. The summed E-state index contributed by atoms with van der Waals surface area (Å²) < 4.78 is 7.57. The number of amides is 3. The van der Waals surface area contributed by atoms with Crippen molar-refractivity contribution in [3.05, 3.63) is 87.4 Å². The highest BCUT2D eigenvalue weighted by Crippen LogP contribution is 2.55. The van der Waals surface area contributed by atoms with Gasteiger partial charge >= 0.3 is 0 Å². The molecule has 3 saturated heterocycles. The van der Waals surface area contributed by atoms with Gasteiger partial charge < -0.3 is 19.9 Å². The van der Waals surface area contributed by atoms with Gasteiger partial charge in [-0.25, -0.2) is 9.67 Å². The summed E-state index contributed by atoms with van der Waals surface area (Å²) >= 11 is 6.25. The Balaban J connectivity index is 0.792. The van der Waals surface area contributed by atoms with E-state index in [2.05, 4.69) is 64.2 Å². The van der Waals surface area contributed by atoms with Crippen molar-refractivity contribution < 1.29 is 19.1 Å². The lowest BCUT2D eigenvalue weighted by molar-refractivity contribution is -0.164. The minimum absolute atomic E-state index is 0.143. The first-order valence-electron chi connectivity index (χ1n) is 20.4. The molecule has 4 fully saturated rings. The number of piperazine rings is 1. The average Bonchev–Trinajstić information content (AvgIpc) is 3.22. The van der Waals surface area contributed by atoms with E-state index in [1.165, 1.54) is 4.68 Å². The van der Waals surface area contributed by atoms with Gasteiger partial charge in [-0.05, 0) is 67.6 Å². The van der Waals surface area contributed by atoms with E-state index in [-0.39, 0.29) is 53.2 Å². The normalized spacial score (nSPS) is 23.3. The Kier molecular flexibility index (Phi) is 10.9. The van der Waals surface area contributed by atoms with Crippen LogP contribution < -0.4 is 30.7 Å². The number of rotatable bonds is 9. The van der Waals surface area contributed by atoms with Crippen LogP contribution in [0.3, 0.4) is 0 Å². The Morgan fingerprint density at radius 1 is 0.932 bits per heavy atom. The number of halogens is 1. The zero-order valence-corrected chi connectivity index (χ0v) is 34.7. The summed E-state index contributed by atoms with van der Waals surface area (Å²) in [5.74, 6) is 1.09. The molecule has 1 aliphatic carbocycles. The summed E-state index contributed by atoms with van der Waals surface area (Å²) in [6, 6.07) is 15.8. The minimum Gasteiger partial charge on any atom is -0.489 e. The summed E-state index contributed by atoms with van der Waals surface area (Å²) in [7, 11) is 0. The fourth-order valence-electron chi connectivity index (χ4n) is 9.90. The molecule has 15 heteroatoms. The summed E-state index contributed by atoms with van der Waals surface area (Å²) in [6.45, 7) is 14.9. The lowest BCUT2D eigenvalue weighted by atomic mass is 9.49. The highest BCUT2D eigenvalue weighted by Gasteiger charge is 2.64. The molecule has 1 saturated carbocycles. The number of imide groups is 1. The summed E-state index contributed by atoms with van der Waals surface area (Å²) in [4.78, 5) is 62.6. The van der Waals surface area contributed by atoms with Gasteiger partial charge in [-0.15, -0.1) is 0 Å². The van der Waals surface area contributed by atoms with Crippen molar-refractivity contribution in [1.29, 1.82) is 5.26 Å². The van der Waals surface area contributed by atoms with Gasteiger partial charge in [-0.1, -0.05) is 39.3 Å². The Labute approximate surface area is 348 Å². The number of nitrogens with one attached hydrogen (secondary N) is 2. The molecular weight excluding hydrogens is 770 g/mol. The van der Waals surface area contributed by atoms with E-state index in [9.17, 15) is 24.4 Å². The molecule has 2 aromatic carbocycles. The van der Waals surface area contributed by atoms with E-state index in [0.29, 0.717) is 33.2 Å². The SMILES string of the molecule is CC1(C)[C@H](NC(=O)c2ccc(N3CCC(CN4CCN(c5ccc6c(=O)n(C7CCC(=O)NC7=O)ncc6c5)CC4)CC3)nc2)C(C)(C)[C@H]1Oc1ccc(C#N)c(Cl)c1. The predicted octanol–water partition coefficient (Wildman–Crippen LogP) is 4.94. The highest BCUT2D eigenvalue weighted by molar-refractivity contribution is 6.31. The molecule has 3 amide bonds. The van der Waals surface area contributed by atoms with Crippen LogP contribution in [0.1, 0.15) is 75.3 Å². The molecule has 59 heavy (non-hydrogen) atoms. The van der Waals surface area contributed by atoms with Gasteiger partial charge in [0.1, 0.15) is 29.8 Å². The van der Waals surface area contributed by atoms with Crippen molar-refractivity contribution in [2.45, 2.75) is 71.6 Å². The molecule has 14 nitrogen and oxygen atoms in total. The fraction of sp³-hybridized carbons (Fsp3) is 0.477. The van der Waals surface area contributed by atoms with Crippen LogP contribution in [0.4, 0.5) is 11.5 Å². The third kappa shape index (κ3) is 7.85. The number of hydrogen-bond donors (Lipinski definition) is 2. The monoisotopic (exact) mass is 819 g/mol. The van der Waals surface area contributed by atoms with E-state index >= 15 is 0 Å². The maximum Gasteiger partial charge on any atom is 0.275 e. The van der Waals surface area contributed by atoms with Crippen molar-refractivity contribution in [2.75, 3.05) is 55.6 Å². The van der Waals surface area contributed by atoms with E-state index in [1.807, 2.05) is 30.3 Å². The van der Waals surface area contributed by atoms with Gasteiger partial charge in [-0.2, -0.15) is 10.4 Å². The molecule has 3 aliphatic heterocycles. The zero-order chi connectivity index (χ0) is 41.6. The molecule has 0 radical (unpaired) electrons. The summed E-state index contributed by atoms with van der Waals surface area (Å²) in [5.41, 5.74) is 0.904. The molecule has 4 aliphatic rings. The van der Waals surface area contributed by atoms with Gasteiger partial charge in [0.2, 0.25) is 5.91 Å². The van der Waals surface area contributed by atoms with Crippen molar-refractivity contribution in [3.63, 3.8) is 0 Å². The molecule has 1 unspecified atom stereocenters. The summed E-state index contributed by atoms with van der Waals surface area (Å²) in [5, 5.41) is 20.7. The van der Waals surface area contributed by atoms with E-state index in [1.54, 1.807) is 30.6 Å². The molecular formula is C44H50ClN9O5. The third-order valence-corrected chi connectivity index (χ3v) is 13.2. The number of ether oxygens (including phenoxy) is 1. The number of carbonyl (C=O) groups excluding carboxylic acids is 3. The average molecular weight is 820 g/mol. The lowest BCUT2D eigenvalue weighted by Crippen LogP contribution is -2.74. The Morgan fingerprint density at radius 2 is 1.68 bits per heavy atom. The fourth-order valence-corrected chi connectivity index (χ4v) is 10.1. The first-order chi connectivity index (χ1) is 28.2. The molecule has 2 N–H and O–H groups in total. The van der Waals surface area contributed by atoms with Crippen molar-refractivity contribution >= 4 is 51.6 Å². The van der Waals surface area contributed by atoms with Crippen LogP contribution in [0.15, 0.2) is 65.7 Å². The van der Waals surface area contributed by atoms with E-state index in [4.69, 9.17) is 21.3 Å². The zero-order valence-electron chi connectivity index (χ0n) is 33.9. The Hall–Kier alpha value is -5.52. The predicted molar refractivity (Wildman–Crippen MR) is 225 cm³/mol. The van der Waals surface area contributed by atoms with Crippen LogP contribution in [-0.4, -0.2) is 95.3 Å². The van der Waals surface area contributed by atoms with Crippen LogP contribution >= 0.6 is 11.6 Å². The van der Waals surface area contributed by atoms with Gasteiger partial charge in [0.15, 0.2) is 0 Å². The van der Waals surface area contributed by atoms with Crippen molar-refractivity contribution in [3.8, 4) is 11.8 Å². The quantitative estimate of drug-likeness (QED) is 0.220. The van der Waals surface area contributed by atoms with Gasteiger partial charge in [-0.3, -0.25) is 29.4 Å². The number of benzene rings is 2. The number of nitrogens with zero attached hydrogens (tertiary/aromatic N) is 7. The molecule has 308 valence electrons. The Morgan fingerprint density at radius 3 is 2.34 bits per heavy atom. The lowest BCUT2D eigenvalue weighted by Gasteiger charge is -2.63. The number of anilines is 2. The van der Waals surface area contributed by atoms with Gasteiger partial charge in [0.05, 0.1) is 27.7 Å². The number of pyridine rings is 1. The molecule has 0 spiro atoms. The first-order valence-corrected chi connectivity index (χ1v) is 20.8. The highest BCUT2D eigenvalue weighted by atomic mass is 35.5. The minimum atomic E-state index is -0.784. The molecule has 4 aromatic rings. The standard InChI is InChI=1S/C44H50ClN9O5/c1-43(2)41(44(3,4)42(43)59-32-8-5-28(23-46)34(45)22-32)50-38(56)29-6-11-36(47-24-29)53-15-13-27(14-16-53)26-51-17-19-52(20-18-51)31-7-9-33-30(21-31)25-48-54(40(33)58)35-10-12-37(55)49-39(35)57/h5-9,11,21-22,24-25,27,35,41-42H,10,12-20,26H2,1-4H3,(H,50,56)(H,49,55,57)/t35?,41-,42-. The summed E-state index contributed by atoms with van der Waals surface area (Å²) in [6.07, 6.45) is 5.70. The second kappa shape index (κ2) is 15.9. The molecule has 2 aromatic heterocycles. The van der Waals surface area contributed by atoms with Crippen LogP contribution in [0.5, 0.6) is 5.75 Å². The topological polar surface area (TPSA) is 166 Å². The first kappa shape index (κ1) is 40.3. The van der Waals surface area contributed by atoms with Gasteiger partial charge in [0.25, 0.3) is 17.4 Å². The van der Waals surface area contributed by atoms with E-state index < -0.39 is 11.9 Å². The number of aromatic nitrogens is 3. The number of hydrogen-bond acceptors (Lipinski definition) is 11. The number of nitriles is 1.